The lowest BCUT2D eigenvalue weighted by Crippen LogP contribution is -2.38. The summed E-state index contributed by atoms with van der Waals surface area (Å²) in [6.45, 7) is 0.681. The van der Waals surface area contributed by atoms with Crippen molar-refractivity contribution in [2.24, 2.45) is 0 Å². The highest BCUT2D eigenvalue weighted by atomic mass is 16.5. The van der Waals surface area contributed by atoms with Crippen LogP contribution in [0, 0.1) is 0 Å². The molecule has 1 aromatic carbocycles. The second-order valence-corrected chi connectivity index (χ2v) is 5.42. The summed E-state index contributed by atoms with van der Waals surface area (Å²) in [6.07, 6.45) is 6.53. The Hall–Kier alpha value is -2.50. The third-order valence-corrected chi connectivity index (χ3v) is 4.10. The number of phenolic OH excluding ortho intramolecular Hbond substituents is 1. The number of H-pyrrole nitrogens is 1. The minimum absolute atomic E-state index is 0.00139. The molecule has 1 saturated heterocycles. The zero-order valence-electron chi connectivity index (χ0n) is 12.5. The lowest BCUT2D eigenvalue weighted by molar-refractivity contribution is 0.0608. The van der Waals surface area contributed by atoms with Gasteiger partial charge < -0.3 is 14.7 Å². The number of hydrogen-bond donors (Lipinski definition) is 2. The summed E-state index contributed by atoms with van der Waals surface area (Å²) in [5, 5.41) is 16.9. The van der Waals surface area contributed by atoms with Gasteiger partial charge >= 0.3 is 0 Å². The number of nitrogens with one attached hydrogen (secondary N) is 1. The Balaban J connectivity index is 1.89. The van der Waals surface area contributed by atoms with Gasteiger partial charge in [-0.15, -0.1) is 0 Å². The van der Waals surface area contributed by atoms with Crippen LogP contribution < -0.4 is 4.74 Å². The van der Waals surface area contributed by atoms with Crippen LogP contribution in [0.25, 0.3) is 0 Å². The third kappa shape index (κ3) is 2.64. The Kier molecular flexibility index (Phi) is 4.00. The summed E-state index contributed by atoms with van der Waals surface area (Å²) in [7, 11) is 1.52. The van der Waals surface area contributed by atoms with Crippen molar-refractivity contribution in [2.45, 2.75) is 25.3 Å². The smallest absolute Gasteiger partial charge is 0.258 e. The number of aromatic amines is 1. The second kappa shape index (κ2) is 6.09. The van der Waals surface area contributed by atoms with E-state index < -0.39 is 0 Å². The maximum absolute atomic E-state index is 12.8. The molecule has 1 atom stereocenters. The number of aromatic nitrogens is 2. The fourth-order valence-corrected chi connectivity index (χ4v) is 2.94. The number of piperidine rings is 1. The molecule has 6 nitrogen and oxygen atoms in total. The van der Waals surface area contributed by atoms with Gasteiger partial charge in [0.2, 0.25) is 0 Å². The summed E-state index contributed by atoms with van der Waals surface area (Å²) in [5.74, 6) is 0.311. The molecule has 2 heterocycles. The van der Waals surface area contributed by atoms with E-state index in [0.29, 0.717) is 17.9 Å². The van der Waals surface area contributed by atoms with Crippen molar-refractivity contribution in [1.29, 1.82) is 0 Å². The summed E-state index contributed by atoms with van der Waals surface area (Å²) < 4.78 is 5.06. The SMILES string of the molecule is COc1ccc(C(=O)N2CCCC[C@@H]2c2cn[nH]c2)c(O)c1. The normalized spacial score (nSPS) is 18.2. The lowest BCUT2D eigenvalue weighted by atomic mass is 9.96. The van der Waals surface area contributed by atoms with Gasteiger partial charge in [-0.25, -0.2) is 0 Å². The van der Waals surface area contributed by atoms with E-state index in [-0.39, 0.29) is 17.7 Å². The number of rotatable bonds is 3. The van der Waals surface area contributed by atoms with Crippen molar-refractivity contribution in [3.8, 4) is 11.5 Å². The van der Waals surface area contributed by atoms with E-state index in [9.17, 15) is 9.90 Å². The molecule has 1 fully saturated rings. The Labute approximate surface area is 128 Å². The van der Waals surface area contributed by atoms with E-state index in [1.54, 1.807) is 18.3 Å². The highest BCUT2D eigenvalue weighted by Gasteiger charge is 2.30. The van der Waals surface area contributed by atoms with Crippen molar-refractivity contribution in [3.05, 3.63) is 41.7 Å². The summed E-state index contributed by atoms with van der Waals surface area (Å²) >= 11 is 0. The molecule has 22 heavy (non-hydrogen) atoms. The first-order valence-electron chi connectivity index (χ1n) is 7.37. The first-order valence-corrected chi connectivity index (χ1v) is 7.37. The van der Waals surface area contributed by atoms with E-state index in [2.05, 4.69) is 10.2 Å². The summed E-state index contributed by atoms with van der Waals surface area (Å²) in [6, 6.07) is 4.76. The molecule has 1 amide bonds. The highest BCUT2D eigenvalue weighted by Crippen LogP contribution is 2.33. The lowest BCUT2D eigenvalue weighted by Gasteiger charge is -2.35. The molecular formula is C16H19N3O3. The Bertz CT molecular complexity index is 655. The minimum Gasteiger partial charge on any atom is -0.507 e. The van der Waals surface area contributed by atoms with Gasteiger partial charge in [-0.2, -0.15) is 5.10 Å². The second-order valence-electron chi connectivity index (χ2n) is 5.42. The first kappa shape index (κ1) is 14.4. The topological polar surface area (TPSA) is 78.5 Å². The van der Waals surface area contributed by atoms with Crippen LogP contribution >= 0.6 is 0 Å². The third-order valence-electron chi connectivity index (χ3n) is 4.10. The summed E-state index contributed by atoms with van der Waals surface area (Å²) in [5.41, 5.74) is 1.30. The number of ether oxygens (including phenoxy) is 1. The largest absolute Gasteiger partial charge is 0.507 e. The van der Waals surface area contributed by atoms with Gasteiger partial charge in [0.1, 0.15) is 11.5 Å². The minimum atomic E-state index is -0.161. The van der Waals surface area contributed by atoms with E-state index in [4.69, 9.17) is 4.74 Å². The molecule has 0 saturated carbocycles. The molecule has 0 bridgehead atoms. The maximum atomic E-state index is 12.8. The van der Waals surface area contributed by atoms with Gasteiger partial charge in [-0.3, -0.25) is 9.89 Å². The molecule has 6 heteroatoms. The van der Waals surface area contributed by atoms with Crippen LogP contribution in [0.1, 0.15) is 41.2 Å². The number of phenols is 1. The van der Waals surface area contributed by atoms with Crippen molar-refractivity contribution >= 4 is 5.91 Å². The Morgan fingerprint density at radius 3 is 3.00 bits per heavy atom. The van der Waals surface area contributed by atoms with Crippen LogP contribution in [0.3, 0.4) is 0 Å². The molecule has 1 aromatic heterocycles. The monoisotopic (exact) mass is 301 g/mol. The molecule has 116 valence electrons. The number of likely N-dealkylation sites (tertiary alicyclic amines) is 1. The molecular weight excluding hydrogens is 282 g/mol. The zero-order valence-corrected chi connectivity index (χ0v) is 12.5. The van der Waals surface area contributed by atoms with Crippen molar-refractivity contribution in [3.63, 3.8) is 0 Å². The quantitative estimate of drug-likeness (QED) is 0.913. The molecule has 0 radical (unpaired) electrons. The van der Waals surface area contributed by atoms with Gasteiger partial charge in [0, 0.05) is 24.4 Å². The fourth-order valence-electron chi connectivity index (χ4n) is 2.94. The molecule has 3 rings (SSSR count). The standard InChI is InChI=1S/C16H19N3O3/c1-22-12-5-6-13(15(20)8-12)16(21)19-7-3-2-4-14(19)11-9-17-18-10-11/h5-6,8-10,14,20H,2-4,7H2,1H3,(H,17,18)/t14-/m1/s1. The van der Waals surface area contributed by atoms with E-state index in [1.807, 2.05) is 11.1 Å². The number of nitrogens with zero attached hydrogens (tertiary/aromatic N) is 2. The predicted octanol–water partition coefficient (Wildman–Crippen LogP) is 2.49. The number of hydrogen-bond acceptors (Lipinski definition) is 4. The van der Waals surface area contributed by atoms with Gasteiger partial charge in [0.05, 0.1) is 24.9 Å². The van der Waals surface area contributed by atoms with Crippen LogP contribution in [0.5, 0.6) is 11.5 Å². The van der Waals surface area contributed by atoms with Crippen LogP contribution in [0.2, 0.25) is 0 Å². The Morgan fingerprint density at radius 2 is 2.32 bits per heavy atom. The average Bonchev–Trinajstić information content (AvgIpc) is 3.08. The van der Waals surface area contributed by atoms with Crippen molar-refractivity contribution in [1.82, 2.24) is 15.1 Å². The van der Waals surface area contributed by atoms with Crippen LogP contribution in [-0.2, 0) is 0 Å². The van der Waals surface area contributed by atoms with Crippen LogP contribution in [0.15, 0.2) is 30.6 Å². The zero-order chi connectivity index (χ0) is 15.5. The summed E-state index contributed by atoms with van der Waals surface area (Å²) in [4.78, 5) is 14.6. The number of methoxy groups -OCH3 is 1. The molecule has 0 spiro atoms. The average molecular weight is 301 g/mol. The maximum Gasteiger partial charge on any atom is 0.258 e. The number of benzene rings is 1. The number of carbonyl (C=O) groups is 1. The molecule has 0 unspecified atom stereocenters. The van der Waals surface area contributed by atoms with Gasteiger partial charge in [0.25, 0.3) is 5.91 Å². The van der Waals surface area contributed by atoms with Crippen LogP contribution in [-0.4, -0.2) is 39.8 Å². The number of aromatic hydroxyl groups is 1. The molecule has 1 aliphatic heterocycles. The van der Waals surface area contributed by atoms with E-state index in [1.165, 1.54) is 13.2 Å². The molecule has 1 aliphatic rings. The predicted molar refractivity (Wildman–Crippen MR) is 80.9 cm³/mol. The molecule has 2 aromatic rings. The molecule has 0 aliphatic carbocycles. The first-order chi connectivity index (χ1) is 10.7. The molecule has 2 N–H and O–H groups in total. The van der Waals surface area contributed by atoms with Crippen molar-refractivity contribution in [2.75, 3.05) is 13.7 Å². The van der Waals surface area contributed by atoms with E-state index >= 15 is 0 Å². The number of carbonyl (C=O) groups excluding carboxylic acids is 1. The Morgan fingerprint density at radius 1 is 1.45 bits per heavy atom. The van der Waals surface area contributed by atoms with Gasteiger partial charge in [-0.05, 0) is 31.4 Å². The van der Waals surface area contributed by atoms with Crippen LogP contribution in [0.4, 0.5) is 0 Å². The van der Waals surface area contributed by atoms with Gasteiger partial charge in [-0.1, -0.05) is 0 Å². The highest BCUT2D eigenvalue weighted by molar-refractivity contribution is 5.97. The fraction of sp³-hybridized carbons (Fsp3) is 0.375. The van der Waals surface area contributed by atoms with Crippen molar-refractivity contribution < 1.29 is 14.6 Å². The van der Waals surface area contributed by atoms with Gasteiger partial charge in [0.15, 0.2) is 0 Å². The number of amides is 1. The van der Waals surface area contributed by atoms with E-state index in [0.717, 1.165) is 24.8 Å².